The molecule has 0 aliphatic carbocycles. The molecule has 3 N–H and O–H groups in total. The van der Waals surface area contributed by atoms with Crippen LogP contribution in [0.2, 0.25) is 0 Å². The van der Waals surface area contributed by atoms with Crippen LogP contribution in [-0.4, -0.2) is 69.1 Å². The first kappa shape index (κ1) is 27.6. The number of likely N-dealkylation sites (tertiary alicyclic amines) is 1. The normalized spacial score (nSPS) is 17.4. The molecule has 1 aliphatic rings. The van der Waals surface area contributed by atoms with Crippen LogP contribution in [0.25, 0.3) is 11.1 Å². The molecule has 1 aromatic heterocycles. The summed E-state index contributed by atoms with van der Waals surface area (Å²) in [5.41, 5.74) is 0.999. The Kier molecular flexibility index (Phi) is 8.80. The molecule has 0 spiro atoms. The molecule has 0 bridgehead atoms. The minimum atomic E-state index is -1.29. The number of benzene rings is 1. The molecule has 1 aliphatic heterocycles. The van der Waals surface area contributed by atoms with E-state index in [1.54, 1.807) is 52.0 Å². The maximum absolute atomic E-state index is 13.3. The Morgan fingerprint density at radius 1 is 1.03 bits per heavy atom. The molecule has 0 radical (unpaired) electrons. The molecule has 0 saturated carbocycles. The van der Waals surface area contributed by atoms with Gasteiger partial charge in [-0.15, -0.1) is 0 Å². The van der Waals surface area contributed by atoms with Crippen molar-refractivity contribution in [2.45, 2.75) is 58.7 Å². The number of oxazole rings is 1. The predicted octanol–water partition coefficient (Wildman–Crippen LogP) is 1.92. The van der Waals surface area contributed by atoms with Gasteiger partial charge >= 0.3 is 5.97 Å². The highest BCUT2D eigenvalue weighted by atomic mass is 16.4. The fraction of sp³-hybridized carbons (Fsp3) is 0.462. The van der Waals surface area contributed by atoms with E-state index in [-0.39, 0.29) is 17.7 Å². The number of carbonyl (C=O) groups excluding carboxylic acids is 4. The number of nitrogens with zero attached hydrogens (tertiary/aromatic N) is 2. The van der Waals surface area contributed by atoms with Crippen LogP contribution in [-0.2, 0) is 19.2 Å². The lowest BCUT2D eigenvalue weighted by Gasteiger charge is -2.31. The van der Waals surface area contributed by atoms with Crippen LogP contribution in [0.4, 0.5) is 0 Å². The third-order valence-electron chi connectivity index (χ3n) is 6.20. The molecular weight excluding hydrogens is 480 g/mol. The number of carbonyl (C=O) groups is 5. The van der Waals surface area contributed by atoms with Crippen molar-refractivity contribution in [2.24, 2.45) is 11.8 Å². The van der Waals surface area contributed by atoms with Crippen LogP contribution < -0.4 is 10.6 Å². The smallest absolute Gasteiger partial charge is 0.328 e. The fourth-order valence-electron chi connectivity index (χ4n) is 4.24. The third kappa shape index (κ3) is 6.60. The van der Waals surface area contributed by atoms with Crippen LogP contribution in [0.5, 0.6) is 0 Å². The van der Waals surface area contributed by atoms with Crippen molar-refractivity contribution in [1.82, 2.24) is 20.5 Å². The van der Waals surface area contributed by atoms with Gasteiger partial charge in [0.15, 0.2) is 5.58 Å². The molecule has 11 nitrogen and oxygen atoms in total. The highest BCUT2D eigenvalue weighted by Gasteiger charge is 2.40. The van der Waals surface area contributed by atoms with Gasteiger partial charge in [0.1, 0.15) is 17.6 Å². The van der Waals surface area contributed by atoms with E-state index in [0.717, 1.165) is 6.08 Å². The summed E-state index contributed by atoms with van der Waals surface area (Å²) in [7, 11) is 0. The summed E-state index contributed by atoms with van der Waals surface area (Å²) < 4.78 is 5.60. The van der Waals surface area contributed by atoms with Crippen molar-refractivity contribution >= 4 is 40.6 Å². The molecule has 3 amide bonds. The lowest BCUT2D eigenvalue weighted by molar-refractivity contribution is -0.142. The van der Waals surface area contributed by atoms with Crippen molar-refractivity contribution in [3.8, 4) is 0 Å². The summed E-state index contributed by atoms with van der Waals surface area (Å²) >= 11 is 0. The lowest BCUT2D eigenvalue weighted by Crippen LogP contribution is -2.57. The van der Waals surface area contributed by atoms with Gasteiger partial charge < -0.3 is 25.1 Å². The Morgan fingerprint density at radius 3 is 2.32 bits per heavy atom. The monoisotopic (exact) mass is 512 g/mol. The maximum atomic E-state index is 13.3. The Bertz CT molecular complexity index is 1180. The Morgan fingerprint density at radius 2 is 1.70 bits per heavy atom. The van der Waals surface area contributed by atoms with Gasteiger partial charge in [-0.25, -0.2) is 9.78 Å². The van der Waals surface area contributed by atoms with Crippen LogP contribution in [0.1, 0.15) is 51.2 Å². The van der Waals surface area contributed by atoms with Crippen LogP contribution in [0.3, 0.4) is 0 Å². The summed E-state index contributed by atoms with van der Waals surface area (Å²) in [6.45, 7) is 7.37. The van der Waals surface area contributed by atoms with E-state index in [4.69, 9.17) is 9.52 Å². The summed E-state index contributed by atoms with van der Waals surface area (Å²) in [5.74, 6) is -4.09. The average Bonchev–Trinajstić information content (AvgIpc) is 3.50. The SMILES string of the molecule is CC(C)[C@H](NC(=O)[C@@H]1CCCN1C(=O)[C@@H](NC(=O)/C=C/C(=O)O)C(C)C)C(=O)c1nc2ccccc2o1. The topological polar surface area (TPSA) is 159 Å². The first-order valence-electron chi connectivity index (χ1n) is 12.2. The molecule has 0 unspecified atom stereocenters. The molecule has 2 heterocycles. The van der Waals surface area contributed by atoms with Gasteiger partial charge in [0.25, 0.3) is 5.89 Å². The number of para-hydroxylation sites is 2. The molecular formula is C26H32N4O7. The van der Waals surface area contributed by atoms with Crippen molar-refractivity contribution in [2.75, 3.05) is 6.54 Å². The van der Waals surface area contributed by atoms with Crippen molar-refractivity contribution in [1.29, 1.82) is 0 Å². The number of carboxylic acids is 1. The van der Waals surface area contributed by atoms with Gasteiger partial charge in [-0.3, -0.25) is 19.2 Å². The van der Waals surface area contributed by atoms with Crippen molar-refractivity contribution < 1.29 is 33.5 Å². The quantitative estimate of drug-likeness (QED) is 0.322. The van der Waals surface area contributed by atoms with E-state index >= 15 is 0 Å². The summed E-state index contributed by atoms with van der Waals surface area (Å²) in [4.78, 5) is 68.3. The first-order valence-corrected chi connectivity index (χ1v) is 12.2. The van der Waals surface area contributed by atoms with Gasteiger partial charge in [-0.05, 0) is 36.8 Å². The zero-order valence-electron chi connectivity index (χ0n) is 21.3. The Hall–Kier alpha value is -4.02. The molecule has 1 aromatic carbocycles. The maximum Gasteiger partial charge on any atom is 0.328 e. The van der Waals surface area contributed by atoms with Gasteiger partial charge in [0, 0.05) is 18.7 Å². The van der Waals surface area contributed by atoms with Crippen LogP contribution in [0, 0.1) is 11.8 Å². The van der Waals surface area contributed by atoms with Crippen LogP contribution >= 0.6 is 0 Å². The molecule has 3 atom stereocenters. The predicted molar refractivity (Wildman–Crippen MR) is 133 cm³/mol. The van der Waals surface area contributed by atoms with Crippen molar-refractivity contribution in [3.63, 3.8) is 0 Å². The fourth-order valence-corrected chi connectivity index (χ4v) is 4.24. The Balaban J connectivity index is 1.74. The molecule has 3 rings (SSSR count). The average molecular weight is 513 g/mol. The largest absolute Gasteiger partial charge is 0.478 e. The van der Waals surface area contributed by atoms with E-state index < -0.39 is 47.6 Å². The first-order chi connectivity index (χ1) is 17.5. The number of ketones is 1. The minimum Gasteiger partial charge on any atom is -0.478 e. The zero-order chi connectivity index (χ0) is 27.3. The van der Waals surface area contributed by atoms with Gasteiger partial charge in [-0.1, -0.05) is 39.8 Å². The van der Waals surface area contributed by atoms with Crippen LogP contribution in [0.15, 0.2) is 40.8 Å². The second kappa shape index (κ2) is 11.8. The lowest BCUT2D eigenvalue weighted by atomic mass is 9.98. The third-order valence-corrected chi connectivity index (χ3v) is 6.20. The molecule has 1 saturated heterocycles. The number of hydrogen-bond acceptors (Lipinski definition) is 7. The summed E-state index contributed by atoms with van der Waals surface area (Å²) in [5, 5.41) is 14.0. The van der Waals surface area contributed by atoms with E-state index in [1.165, 1.54) is 4.90 Å². The van der Waals surface area contributed by atoms with Gasteiger partial charge in [-0.2, -0.15) is 0 Å². The zero-order valence-corrected chi connectivity index (χ0v) is 21.3. The number of carboxylic acid groups (broad SMARTS) is 1. The highest BCUT2D eigenvalue weighted by Crippen LogP contribution is 2.22. The van der Waals surface area contributed by atoms with E-state index in [2.05, 4.69) is 15.6 Å². The van der Waals surface area contributed by atoms with E-state index in [0.29, 0.717) is 36.6 Å². The standard InChI is InChI=1S/C26H32N4O7/c1-14(2)21(23(34)25-27-16-8-5-6-10-18(16)37-25)29-24(35)17-9-7-13-30(17)26(36)22(15(3)4)28-19(31)11-12-20(32)33/h5-6,8,10-12,14-15,17,21-22H,7,9,13H2,1-4H3,(H,28,31)(H,29,35)(H,32,33)/b12-11+/t17-,21-,22-/m0/s1. The van der Waals surface area contributed by atoms with E-state index in [1.807, 2.05) is 0 Å². The summed E-state index contributed by atoms with van der Waals surface area (Å²) in [6.07, 6.45) is 2.50. The summed E-state index contributed by atoms with van der Waals surface area (Å²) in [6, 6.07) is 4.28. The second-order valence-electron chi connectivity index (χ2n) is 9.67. The van der Waals surface area contributed by atoms with Gasteiger partial charge in [0.2, 0.25) is 23.5 Å². The Labute approximate surface area is 214 Å². The number of fused-ring (bicyclic) bond motifs is 1. The molecule has 11 heteroatoms. The molecule has 198 valence electrons. The number of aromatic nitrogens is 1. The van der Waals surface area contributed by atoms with Gasteiger partial charge in [0.05, 0.1) is 6.04 Å². The number of rotatable bonds is 10. The number of nitrogens with one attached hydrogen (secondary N) is 2. The number of amides is 3. The molecule has 1 fully saturated rings. The molecule has 2 aromatic rings. The number of hydrogen-bond donors (Lipinski definition) is 3. The highest BCUT2D eigenvalue weighted by molar-refractivity contribution is 6.01. The number of aliphatic carboxylic acids is 1. The second-order valence-corrected chi connectivity index (χ2v) is 9.67. The van der Waals surface area contributed by atoms with Crippen molar-refractivity contribution in [3.05, 3.63) is 42.3 Å². The molecule has 37 heavy (non-hydrogen) atoms. The van der Waals surface area contributed by atoms with E-state index in [9.17, 15) is 24.0 Å². The minimum absolute atomic E-state index is 0.100. The number of Topliss-reactive ketones (excluding diaryl/α,β-unsaturated/α-hetero) is 1.